The van der Waals surface area contributed by atoms with E-state index in [0.717, 1.165) is 0 Å². The monoisotopic (exact) mass is 212 g/mol. The van der Waals surface area contributed by atoms with Crippen LogP contribution in [0.5, 0.6) is 0 Å². The van der Waals surface area contributed by atoms with Gasteiger partial charge < -0.3 is 5.11 Å². The van der Waals surface area contributed by atoms with Crippen LogP contribution >= 0.6 is 11.6 Å². The molecule has 0 saturated carbocycles. The van der Waals surface area contributed by atoms with Gasteiger partial charge in [-0.05, 0) is 13.8 Å². The molecule has 0 bridgehead atoms. The summed E-state index contributed by atoms with van der Waals surface area (Å²) in [6, 6.07) is 0. The predicted molar refractivity (Wildman–Crippen MR) is 51.0 cm³/mol. The highest BCUT2D eigenvalue weighted by Gasteiger charge is 2.23. The number of aromatic nitrogens is 4. The lowest BCUT2D eigenvalue weighted by Gasteiger charge is -2.14. The van der Waals surface area contributed by atoms with E-state index in [2.05, 4.69) is 15.2 Å². The average Bonchev–Trinajstić information content (AvgIpc) is 2.47. The Balaban J connectivity index is 2.76. The molecular weight excluding hydrogens is 204 g/mol. The van der Waals surface area contributed by atoms with Gasteiger partial charge in [0.1, 0.15) is 5.60 Å². The second-order valence-electron chi connectivity index (χ2n) is 3.49. The molecule has 74 valence electrons. The second kappa shape index (κ2) is 2.90. The molecule has 2 aromatic rings. The number of fused-ring (bicyclic) bond motifs is 1. The van der Waals surface area contributed by atoms with E-state index < -0.39 is 5.60 Å². The molecule has 0 spiro atoms. The maximum Gasteiger partial charge on any atom is 0.198 e. The van der Waals surface area contributed by atoms with Crippen LogP contribution in [0.4, 0.5) is 0 Å². The molecule has 0 radical (unpaired) electrons. The Labute approximate surface area is 85.4 Å². The van der Waals surface area contributed by atoms with Gasteiger partial charge in [-0.25, -0.2) is 4.98 Å². The molecule has 0 amide bonds. The van der Waals surface area contributed by atoms with Gasteiger partial charge >= 0.3 is 0 Å². The smallest absolute Gasteiger partial charge is 0.198 e. The Morgan fingerprint density at radius 1 is 1.43 bits per heavy atom. The summed E-state index contributed by atoms with van der Waals surface area (Å²) in [5, 5.41) is 17.8. The van der Waals surface area contributed by atoms with Crippen molar-refractivity contribution in [3.05, 3.63) is 23.4 Å². The standard InChI is InChI=1S/C8H9ClN4O/c1-8(2,14)7-12-11-6-5(9)10-3-4-13(6)7/h3-4,14H,1-2H3. The highest BCUT2D eigenvalue weighted by Crippen LogP contribution is 2.20. The summed E-state index contributed by atoms with van der Waals surface area (Å²) in [5.41, 5.74) is -0.601. The quantitative estimate of drug-likeness (QED) is 0.766. The van der Waals surface area contributed by atoms with Gasteiger partial charge in [-0.1, -0.05) is 11.6 Å². The van der Waals surface area contributed by atoms with Crippen molar-refractivity contribution in [1.82, 2.24) is 19.6 Å². The third-order valence-corrected chi connectivity index (χ3v) is 2.10. The van der Waals surface area contributed by atoms with E-state index in [9.17, 15) is 5.11 Å². The molecule has 0 unspecified atom stereocenters. The fourth-order valence-electron chi connectivity index (χ4n) is 1.21. The molecule has 0 aliphatic rings. The first kappa shape index (κ1) is 9.36. The summed E-state index contributed by atoms with van der Waals surface area (Å²) in [6.07, 6.45) is 3.20. The summed E-state index contributed by atoms with van der Waals surface area (Å²) in [7, 11) is 0. The van der Waals surface area contributed by atoms with Crippen molar-refractivity contribution in [3.8, 4) is 0 Å². The van der Waals surface area contributed by atoms with Crippen molar-refractivity contribution in [2.45, 2.75) is 19.4 Å². The molecule has 0 aliphatic heterocycles. The third kappa shape index (κ3) is 1.34. The van der Waals surface area contributed by atoms with Gasteiger partial charge in [-0.15, -0.1) is 10.2 Å². The van der Waals surface area contributed by atoms with E-state index in [1.165, 1.54) is 6.20 Å². The lowest BCUT2D eigenvalue weighted by Crippen LogP contribution is -2.19. The maximum absolute atomic E-state index is 9.78. The zero-order chi connectivity index (χ0) is 10.3. The molecule has 0 aliphatic carbocycles. The number of aliphatic hydroxyl groups is 1. The molecule has 1 N–H and O–H groups in total. The first-order chi connectivity index (χ1) is 6.50. The van der Waals surface area contributed by atoms with Crippen LogP contribution in [-0.4, -0.2) is 24.7 Å². The van der Waals surface area contributed by atoms with Gasteiger partial charge in [0.2, 0.25) is 0 Å². The van der Waals surface area contributed by atoms with E-state index in [-0.39, 0.29) is 5.15 Å². The van der Waals surface area contributed by atoms with Gasteiger partial charge in [0.05, 0.1) is 0 Å². The van der Waals surface area contributed by atoms with Crippen LogP contribution in [-0.2, 0) is 5.60 Å². The van der Waals surface area contributed by atoms with Crippen LogP contribution in [0.1, 0.15) is 19.7 Å². The Morgan fingerprint density at radius 3 is 2.79 bits per heavy atom. The molecule has 0 fully saturated rings. The summed E-state index contributed by atoms with van der Waals surface area (Å²) < 4.78 is 1.62. The summed E-state index contributed by atoms with van der Waals surface area (Å²) in [4.78, 5) is 3.86. The van der Waals surface area contributed by atoms with Crippen molar-refractivity contribution in [2.75, 3.05) is 0 Å². The normalized spacial score (nSPS) is 12.3. The van der Waals surface area contributed by atoms with Crippen LogP contribution in [0, 0.1) is 0 Å². The van der Waals surface area contributed by atoms with Crippen molar-refractivity contribution in [1.29, 1.82) is 0 Å². The summed E-state index contributed by atoms with van der Waals surface area (Å²) in [6.45, 7) is 3.27. The zero-order valence-electron chi connectivity index (χ0n) is 7.77. The lowest BCUT2D eigenvalue weighted by molar-refractivity contribution is 0.0676. The molecule has 14 heavy (non-hydrogen) atoms. The van der Waals surface area contributed by atoms with Crippen LogP contribution in [0.3, 0.4) is 0 Å². The van der Waals surface area contributed by atoms with E-state index in [0.29, 0.717) is 11.5 Å². The van der Waals surface area contributed by atoms with Gasteiger partial charge in [-0.3, -0.25) is 4.40 Å². The van der Waals surface area contributed by atoms with Gasteiger partial charge in [0.15, 0.2) is 16.6 Å². The minimum absolute atomic E-state index is 0.274. The van der Waals surface area contributed by atoms with Crippen molar-refractivity contribution >= 4 is 17.2 Å². The van der Waals surface area contributed by atoms with Gasteiger partial charge in [-0.2, -0.15) is 0 Å². The molecule has 0 atom stereocenters. The minimum atomic E-state index is -1.05. The lowest BCUT2D eigenvalue weighted by atomic mass is 10.1. The predicted octanol–water partition coefficient (Wildman–Crippen LogP) is 1.01. The van der Waals surface area contributed by atoms with E-state index in [1.807, 2.05) is 0 Å². The molecule has 0 saturated heterocycles. The third-order valence-electron chi connectivity index (χ3n) is 1.83. The molecule has 2 heterocycles. The topological polar surface area (TPSA) is 63.3 Å². The van der Waals surface area contributed by atoms with Gasteiger partial charge in [0.25, 0.3) is 0 Å². The van der Waals surface area contributed by atoms with Gasteiger partial charge in [0, 0.05) is 12.4 Å². The fraction of sp³-hybridized carbons (Fsp3) is 0.375. The highest BCUT2D eigenvalue weighted by atomic mass is 35.5. The Kier molecular flexibility index (Phi) is 1.94. The first-order valence-electron chi connectivity index (χ1n) is 4.08. The SMILES string of the molecule is CC(C)(O)c1nnc2c(Cl)nccn12. The molecule has 2 aromatic heterocycles. The molecule has 2 rings (SSSR count). The van der Waals surface area contributed by atoms with Crippen LogP contribution in [0.25, 0.3) is 5.65 Å². The fourth-order valence-corrected chi connectivity index (χ4v) is 1.40. The van der Waals surface area contributed by atoms with E-state index in [4.69, 9.17) is 11.6 Å². The number of hydrogen-bond donors (Lipinski definition) is 1. The number of rotatable bonds is 1. The van der Waals surface area contributed by atoms with Crippen molar-refractivity contribution < 1.29 is 5.11 Å². The number of hydrogen-bond acceptors (Lipinski definition) is 4. The number of halogens is 1. The highest BCUT2D eigenvalue weighted by molar-refractivity contribution is 6.32. The Morgan fingerprint density at radius 2 is 2.14 bits per heavy atom. The van der Waals surface area contributed by atoms with E-state index in [1.54, 1.807) is 24.4 Å². The molecule has 0 aromatic carbocycles. The van der Waals surface area contributed by atoms with Crippen LogP contribution in [0.2, 0.25) is 5.15 Å². The molecule has 6 heteroatoms. The largest absolute Gasteiger partial charge is 0.382 e. The summed E-state index contributed by atoms with van der Waals surface area (Å²) in [5.74, 6) is 0.441. The Hall–Kier alpha value is -1.20. The molecule has 5 nitrogen and oxygen atoms in total. The second-order valence-corrected chi connectivity index (χ2v) is 3.85. The maximum atomic E-state index is 9.78. The summed E-state index contributed by atoms with van der Waals surface area (Å²) >= 11 is 5.80. The van der Waals surface area contributed by atoms with Crippen LogP contribution < -0.4 is 0 Å². The van der Waals surface area contributed by atoms with Crippen molar-refractivity contribution in [2.24, 2.45) is 0 Å². The van der Waals surface area contributed by atoms with Crippen molar-refractivity contribution in [3.63, 3.8) is 0 Å². The average molecular weight is 213 g/mol. The van der Waals surface area contributed by atoms with E-state index >= 15 is 0 Å². The zero-order valence-corrected chi connectivity index (χ0v) is 8.52. The number of nitrogens with zero attached hydrogens (tertiary/aromatic N) is 4. The first-order valence-corrected chi connectivity index (χ1v) is 4.46. The van der Waals surface area contributed by atoms with Crippen LogP contribution in [0.15, 0.2) is 12.4 Å². The Bertz CT molecular complexity index is 474. The molecular formula is C8H9ClN4O. The minimum Gasteiger partial charge on any atom is -0.382 e.